The number of rotatable bonds is 2. The molecule has 0 unspecified atom stereocenters. The van der Waals surface area contributed by atoms with Crippen molar-refractivity contribution in [2.45, 2.75) is 13.0 Å². The molecule has 1 N–H and O–H groups in total. The van der Waals surface area contributed by atoms with Gasteiger partial charge >= 0.3 is 0 Å². The Kier molecular flexibility index (Phi) is 2.68. The summed E-state index contributed by atoms with van der Waals surface area (Å²) in [5, 5.41) is 6.92. The van der Waals surface area contributed by atoms with Crippen LogP contribution in [-0.2, 0) is 6.54 Å². The molecular formula is C12H12N4O2. The number of aromatic nitrogens is 3. The third kappa shape index (κ3) is 1.92. The largest absolute Gasteiger partial charge is 0.477 e. The van der Waals surface area contributed by atoms with E-state index in [1.807, 2.05) is 0 Å². The quantitative estimate of drug-likeness (QED) is 0.864. The van der Waals surface area contributed by atoms with Gasteiger partial charge in [0.15, 0.2) is 0 Å². The Morgan fingerprint density at radius 1 is 1.39 bits per heavy atom. The normalized spacial score (nSPS) is 13.6. The zero-order chi connectivity index (χ0) is 12.4. The number of carbonyl (C=O) groups is 1. The van der Waals surface area contributed by atoms with E-state index in [0.717, 1.165) is 13.0 Å². The van der Waals surface area contributed by atoms with Crippen LogP contribution in [0, 0.1) is 0 Å². The van der Waals surface area contributed by atoms with Gasteiger partial charge in [0, 0.05) is 31.0 Å². The van der Waals surface area contributed by atoms with Crippen molar-refractivity contribution < 1.29 is 9.53 Å². The Bertz CT molecular complexity index is 565. The fourth-order valence-electron chi connectivity index (χ4n) is 1.86. The molecule has 0 aromatic carbocycles. The second kappa shape index (κ2) is 4.48. The molecule has 92 valence electrons. The number of hydrogen-bond donors (Lipinski definition) is 1. The molecular weight excluding hydrogens is 232 g/mol. The average Bonchev–Trinajstić information content (AvgIpc) is 2.84. The standard InChI is InChI=1S/C12H12N4O2/c17-11(15-9-2-4-13-5-3-9)10-8-14-16-6-1-7-18-12(10)16/h2-5,8H,1,6-7H2,(H,13,15,17). The minimum absolute atomic E-state index is 0.218. The number of hydrogen-bond acceptors (Lipinski definition) is 4. The summed E-state index contributed by atoms with van der Waals surface area (Å²) in [4.78, 5) is 16.0. The zero-order valence-corrected chi connectivity index (χ0v) is 9.67. The number of anilines is 1. The molecule has 3 rings (SSSR count). The van der Waals surface area contributed by atoms with Crippen molar-refractivity contribution in [2.24, 2.45) is 0 Å². The maximum atomic E-state index is 12.1. The first-order valence-electron chi connectivity index (χ1n) is 5.74. The Morgan fingerprint density at radius 2 is 2.22 bits per heavy atom. The van der Waals surface area contributed by atoms with Crippen LogP contribution in [0.25, 0.3) is 0 Å². The highest BCUT2D eigenvalue weighted by Crippen LogP contribution is 2.23. The van der Waals surface area contributed by atoms with E-state index >= 15 is 0 Å². The fraction of sp³-hybridized carbons (Fsp3) is 0.250. The smallest absolute Gasteiger partial charge is 0.262 e. The molecule has 18 heavy (non-hydrogen) atoms. The molecule has 2 aromatic rings. The van der Waals surface area contributed by atoms with Crippen molar-refractivity contribution in [1.82, 2.24) is 14.8 Å². The Hall–Kier alpha value is -2.37. The number of fused-ring (bicyclic) bond motifs is 1. The summed E-state index contributed by atoms with van der Waals surface area (Å²) < 4.78 is 7.19. The summed E-state index contributed by atoms with van der Waals surface area (Å²) in [6.07, 6.45) is 5.70. The van der Waals surface area contributed by atoms with Crippen molar-refractivity contribution >= 4 is 11.6 Å². The molecule has 1 amide bonds. The Labute approximate surface area is 104 Å². The molecule has 0 saturated carbocycles. The third-order valence-electron chi connectivity index (χ3n) is 2.73. The fourth-order valence-corrected chi connectivity index (χ4v) is 1.86. The van der Waals surface area contributed by atoms with Gasteiger partial charge in [0.25, 0.3) is 5.91 Å². The first-order valence-corrected chi connectivity index (χ1v) is 5.74. The van der Waals surface area contributed by atoms with Crippen molar-refractivity contribution in [2.75, 3.05) is 11.9 Å². The maximum absolute atomic E-state index is 12.1. The van der Waals surface area contributed by atoms with Crippen LogP contribution in [0.15, 0.2) is 30.7 Å². The second-order valence-electron chi connectivity index (χ2n) is 3.98. The molecule has 1 aliphatic rings. The molecule has 6 heteroatoms. The van der Waals surface area contributed by atoms with Crippen molar-refractivity contribution in [3.63, 3.8) is 0 Å². The number of nitrogens with zero attached hydrogens (tertiary/aromatic N) is 3. The SMILES string of the molecule is O=C(Nc1ccncc1)c1cnn2c1OCCC2. The lowest BCUT2D eigenvalue weighted by atomic mass is 10.3. The van der Waals surface area contributed by atoms with Gasteiger partial charge in [-0.3, -0.25) is 9.78 Å². The maximum Gasteiger partial charge on any atom is 0.262 e. The van der Waals surface area contributed by atoms with Crippen LogP contribution in [0.4, 0.5) is 5.69 Å². The number of pyridine rings is 1. The monoisotopic (exact) mass is 244 g/mol. The molecule has 3 heterocycles. The number of ether oxygens (including phenoxy) is 1. The van der Waals surface area contributed by atoms with Gasteiger partial charge in [0.05, 0.1) is 12.8 Å². The summed E-state index contributed by atoms with van der Waals surface area (Å²) >= 11 is 0. The van der Waals surface area contributed by atoms with Crippen LogP contribution in [-0.4, -0.2) is 27.3 Å². The summed E-state index contributed by atoms with van der Waals surface area (Å²) in [5.41, 5.74) is 1.16. The summed E-state index contributed by atoms with van der Waals surface area (Å²) in [7, 11) is 0. The lowest BCUT2D eigenvalue weighted by molar-refractivity contribution is 0.102. The molecule has 0 radical (unpaired) electrons. The highest BCUT2D eigenvalue weighted by molar-refractivity contribution is 6.05. The van der Waals surface area contributed by atoms with Gasteiger partial charge in [0.1, 0.15) is 5.56 Å². The van der Waals surface area contributed by atoms with Gasteiger partial charge in [-0.15, -0.1) is 0 Å². The van der Waals surface area contributed by atoms with Crippen LogP contribution in [0.1, 0.15) is 16.8 Å². The number of amides is 1. The van der Waals surface area contributed by atoms with Crippen LogP contribution in [0.2, 0.25) is 0 Å². The predicted octanol–water partition coefficient (Wildman–Crippen LogP) is 1.31. The highest BCUT2D eigenvalue weighted by atomic mass is 16.5. The molecule has 0 saturated heterocycles. The zero-order valence-electron chi connectivity index (χ0n) is 9.67. The van der Waals surface area contributed by atoms with Gasteiger partial charge in [-0.2, -0.15) is 5.10 Å². The molecule has 0 aliphatic carbocycles. The van der Waals surface area contributed by atoms with E-state index in [9.17, 15) is 4.79 Å². The molecule has 0 bridgehead atoms. The van der Waals surface area contributed by atoms with E-state index in [2.05, 4.69) is 15.4 Å². The van der Waals surface area contributed by atoms with E-state index in [-0.39, 0.29) is 5.91 Å². The topological polar surface area (TPSA) is 69.0 Å². The number of nitrogens with one attached hydrogen (secondary N) is 1. The van der Waals surface area contributed by atoms with E-state index in [1.54, 1.807) is 29.2 Å². The summed E-state index contributed by atoms with van der Waals surface area (Å²) in [6.45, 7) is 1.42. The summed E-state index contributed by atoms with van der Waals surface area (Å²) in [5.74, 6) is 0.331. The second-order valence-corrected chi connectivity index (χ2v) is 3.98. The molecule has 6 nitrogen and oxygen atoms in total. The molecule has 0 atom stereocenters. The predicted molar refractivity (Wildman–Crippen MR) is 64.5 cm³/mol. The first-order chi connectivity index (χ1) is 8.84. The summed E-state index contributed by atoms with van der Waals surface area (Å²) in [6, 6.07) is 3.46. The number of aryl methyl sites for hydroxylation is 1. The van der Waals surface area contributed by atoms with Crippen LogP contribution >= 0.6 is 0 Å². The average molecular weight is 244 g/mol. The van der Waals surface area contributed by atoms with Crippen molar-refractivity contribution in [1.29, 1.82) is 0 Å². The van der Waals surface area contributed by atoms with E-state index in [1.165, 1.54) is 6.20 Å². The minimum Gasteiger partial charge on any atom is -0.477 e. The van der Waals surface area contributed by atoms with E-state index < -0.39 is 0 Å². The lowest BCUT2D eigenvalue weighted by Gasteiger charge is -2.15. The van der Waals surface area contributed by atoms with Gasteiger partial charge in [-0.1, -0.05) is 0 Å². The molecule has 2 aromatic heterocycles. The van der Waals surface area contributed by atoms with Crippen molar-refractivity contribution in [3.05, 3.63) is 36.3 Å². The minimum atomic E-state index is -0.218. The van der Waals surface area contributed by atoms with E-state index in [0.29, 0.717) is 23.7 Å². The first kappa shape index (κ1) is 10.8. The Balaban J connectivity index is 1.83. The molecule has 1 aliphatic heterocycles. The third-order valence-corrected chi connectivity index (χ3v) is 2.73. The number of carbonyl (C=O) groups excluding carboxylic acids is 1. The van der Waals surface area contributed by atoms with Gasteiger partial charge in [-0.25, -0.2) is 4.68 Å². The van der Waals surface area contributed by atoms with Crippen LogP contribution in [0.5, 0.6) is 5.88 Å². The van der Waals surface area contributed by atoms with Crippen LogP contribution < -0.4 is 10.1 Å². The van der Waals surface area contributed by atoms with Gasteiger partial charge in [0.2, 0.25) is 5.88 Å². The van der Waals surface area contributed by atoms with Gasteiger partial charge in [-0.05, 0) is 12.1 Å². The van der Waals surface area contributed by atoms with Crippen LogP contribution in [0.3, 0.4) is 0 Å². The van der Waals surface area contributed by atoms with E-state index in [4.69, 9.17) is 4.74 Å². The molecule has 0 fully saturated rings. The van der Waals surface area contributed by atoms with Gasteiger partial charge < -0.3 is 10.1 Å². The Morgan fingerprint density at radius 3 is 3.06 bits per heavy atom. The van der Waals surface area contributed by atoms with Crippen molar-refractivity contribution in [3.8, 4) is 5.88 Å². The molecule has 0 spiro atoms. The highest BCUT2D eigenvalue weighted by Gasteiger charge is 2.21. The lowest BCUT2D eigenvalue weighted by Crippen LogP contribution is -2.18.